The van der Waals surface area contributed by atoms with E-state index in [0.29, 0.717) is 6.54 Å². The minimum Gasteiger partial charge on any atom is -0.480 e. The van der Waals surface area contributed by atoms with Gasteiger partial charge in [0.05, 0.1) is 6.10 Å². The minimum absolute atomic E-state index is 0.0570. The molecule has 1 fully saturated rings. The molecule has 1 heterocycles. The monoisotopic (exact) mass is 543 g/mol. The van der Waals surface area contributed by atoms with Gasteiger partial charge in [-0.25, -0.2) is 9.59 Å². The molecule has 1 aliphatic heterocycles. The van der Waals surface area contributed by atoms with Gasteiger partial charge < -0.3 is 25.2 Å². The lowest BCUT2D eigenvalue weighted by Gasteiger charge is -2.29. The summed E-state index contributed by atoms with van der Waals surface area (Å²) < 4.78 is 5.67. The number of carboxylic acid groups (broad SMARTS) is 1. The average molecular weight is 544 g/mol. The van der Waals surface area contributed by atoms with Crippen LogP contribution in [0, 0.1) is 0 Å². The van der Waals surface area contributed by atoms with E-state index in [1.807, 2.05) is 78.7 Å². The molecule has 3 N–H and O–H groups in total. The number of nitrogens with zero attached hydrogens (tertiary/aromatic N) is 2. The molecule has 2 aliphatic rings. The zero-order valence-corrected chi connectivity index (χ0v) is 22.3. The van der Waals surface area contributed by atoms with Crippen LogP contribution in [0.4, 0.5) is 4.79 Å². The summed E-state index contributed by atoms with van der Waals surface area (Å²) in [4.78, 5) is 41.5. The third-order valence-electron chi connectivity index (χ3n) is 7.57. The fraction of sp³-hybridized carbons (Fsp3) is 0.323. The van der Waals surface area contributed by atoms with Crippen LogP contribution in [0.1, 0.15) is 29.0 Å². The quantitative estimate of drug-likeness (QED) is 0.380. The normalized spacial score (nSPS) is 18.7. The number of nitrogens with one attached hydrogen (secondary N) is 1. The summed E-state index contributed by atoms with van der Waals surface area (Å²) in [6.45, 7) is 0.612. The van der Waals surface area contributed by atoms with Crippen molar-refractivity contribution < 1.29 is 29.3 Å². The van der Waals surface area contributed by atoms with Crippen molar-refractivity contribution in [1.29, 1.82) is 0 Å². The molecule has 3 aromatic rings. The van der Waals surface area contributed by atoms with E-state index >= 15 is 0 Å². The highest BCUT2D eigenvalue weighted by Gasteiger charge is 2.42. The molecule has 0 radical (unpaired) electrons. The van der Waals surface area contributed by atoms with Gasteiger partial charge in [-0.2, -0.15) is 0 Å². The van der Waals surface area contributed by atoms with Crippen LogP contribution in [-0.4, -0.2) is 82.9 Å². The van der Waals surface area contributed by atoms with Gasteiger partial charge in [-0.05, 0) is 34.9 Å². The van der Waals surface area contributed by atoms with E-state index < -0.39 is 36.2 Å². The number of carbonyl (C=O) groups is 3. The van der Waals surface area contributed by atoms with E-state index in [9.17, 15) is 24.6 Å². The lowest BCUT2D eigenvalue weighted by Crippen LogP contribution is -2.55. The molecule has 9 nitrogen and oxygen atoms in total. The molecule has 0 bridgehead atoms. The highest BCUT2D eigenvalue weighted by molar-refractivity contribution is 5.90. The molecule has 9 heteroatoms. The maximum atomic E-state index is 13.6. The summed E-state index contributed by atoms with van der Waals surface area (Å²) in [7, 11) is 1.82. The number of carboxylic acids is 1. The Labute approximate surface area is 233 Å². The van der Waals surface area contributed by atoms with Crippen LogP contribution in [0.3, 0.4) is 0 Å². The first-order valence-electron chi connectivity index (χ1n) is 13.4. The highest BCUT2D eigenvalue weighted by Crippen LogP contribution is 2.44. The molecule has 0 spiro atoms. The standard InChI is InChI=1S/C31H33N3O6/c1-33(16-20-9-3-2-4-10-20)18-27(29(36)34-17-21(35)15-28(34)30(37)38)32-31(39)40-19-26-24-13-7-5-11-22(24)23-12-6-8-14-25(23)26/h2-14,21,26-28,35H,15-19H2,1H3,(H,32,39)(H,37,38)/t21-,27?,28-/m0/s1. The van der Waals surface area contributed by atoms with Crippen molar-refractivity contribution in [2.24, 2.45) is 0 Å². The molecule has 0 saturated carbocycles. The van der Waals surface area contributed by atoms with Crippen molar-refractivity contribution in [3.05, 3.63) is 95.6 Å². The molecule has 3 aromatic carbocycles. The van der Waals surface area contributed by atoms with Gasteiger partial charge in [0.25, 0.3) is 0 Å². The Morgan fingerprint density at radius 3 is 2.20 bits per heavy atom. The molecule has 40 heavy (non-hydrogen) atoms. The number of β-amino-alcohol motifs (C(OH)–C–C–N with tert-alkyl or cyclic N) is 1. The van der Waals surface area contributed by atoms with Gasteiger partial charge in [0.2, 0.25) is 5.91 Å². The maximum absolute atomic E-state index is 13.6. The highest BCUT2D eigenvalue weighted by atomic mass is 16.5. The van der Waals surface area contributed by atoms with Crippen molar-refractivity contribution in [3.63, 3.8) is 0 Å². The predicted molar refractivity (Wildman–Crippen MR) is 149 cm³/mol. The number of benzene rings is 3. The predicted octanol–water partition coefficient (Wildman–Crippen LogP) is 3.07. The number of likely N-dealkylation sites (N-methyl/N-ethyl adjacent to an activating group) is 1. The number of aliphatic hydroxyl groups is 1. The molecule has 1 saturated heterocycles. The second-order valence-corrected chi connectivity index (χ2v) is 10.4. The summed E-state index contributed by atoms with van der Waals surface area (Å²) in [5.41, 5.74) is 5.38. The molecular formula is C31H33N3O6. The molecular weight excluding hydrogens is 510 g/mol. The van der Waals surface area contributed by atoms with E-state index in [4.69, 9.17) is 4.74 Å². The van der Waals surface area contributed by atoms with Gasteiger partial charge in [-0.1, -0.05) is 78.9 Å². The summed E-state index contributed by atoms with van der Waals surface area (Å²) in [5, 5.41) is 22.4. The number of ether oxygens (including phenoxy) is 1. The minimum atomic E-state index is -1.19. The Hall–Kier alpha value is -4.21. The topological polar surface area (TPSA) is 119 Å². The van der Waals surface area contributed by atoms with Gasteiger partial charge in [0.1, 0.15) is 18.7 Å². The van der Waals surface area contributed by atoms with E-state index in [0.717, 1.165) is 32.7 Å². The zero-order valence-electron chi connectivity index (χ0n) is 22.3. The summed E-state index contributed by atoms with van der Waals surface area (Å²) >= 11 is 0. The first-order valence-corrected chi connectivity index (χ1v) is 13.4. The van der Waals surface area contributed by atoms with E-state index in [2.05, 4.69) is 17.4 Å². The SMILES string of the molecule is CN(Cc1ccccc1)CC(NC(=O)OCC1c2ccccc2-c2ccccc21)C(=O)N1C[C@@H](O)C[C@H]1C(=O)O. The number of fused-ring (bicyclic) bond motifs is 3. The molecule has 2 amide bonds. The molecule has 3 atom stereocenters. The Morgan fingerprint density at radius 1 is 0.975 bits per heavy atom. The number of alkyl carbamates (subject to hydrolysis) is 1. The van der Waals surface area contributed by atoms with E-state index in [-0.39, 0.29) is 32.0 Å². The second kappa shape index (κ2) is 11.9. The summed E-state index contributed by atoms with van der Waals surface area (Å²) in [6.07, 6.45) is -1.76. The number of likely N-dealkylation sites (tertiary alicyclic amines) is 1. The molecule has 1 aliphatic carbocycles. The number of carbonyl (C=O) groups excluding carboxylic acids is 2. The smallest absolute Gasteiger partial charge is 0.407 e. The van der Waals surface area contributed by atoms with Gasteiger partial charge >= 0.3 is 12.1 Å². The number of hydrogen-bond donors (Lipinski definition) is 3. The molecule has 0 aromatic heterocycles. The number of hydrogen-bond acceptors (Lipinski definition) is 6. The lowest BCUT2D eigenvalue weighted by molar-refractivity contribution is -0.149. The van der Waals surface area contributed by atoms with Crippen LogP contribution < -0.4 is 5.32 Å². The van der Waals surface area contributed by atoms with Gasteiger partial charge in [-0.3, -0.25) is 9.69 Å². The summed E-state index contributed by atoms with van der Waals surface area (Å²) in [5.74, 6) is -1.90. The zero-order chi connectivity index (χ0) is 28.2. The van der Waals surface area contributed by atoms with Crippen molar-refractivity contribution in [3.8, 4) is 11.1 Å². The molecule has 208 valence electrons. The van der Waals surface area contributed by atoms with Crippen LogP contribution in [-0.2, 0) is 20.9 Å². The van der Waals surface area contributed by atoms with Crippen LogP contribution in [0.2, 0.25) is 0 Å². The second-order valence-electron chi connectivity index (χ2n) is 10.4. The average Bonchev–Trinajstić information content (AvgIpc) is 3.50. The van der Waals surface area contributed by atoms with Crippen molar-refractivity contribution in [2.45, 2.75) is 37.1 Å². The van der Waals surface area contributed by atoms with Crippen molar-refractivity contribution >= 4 is 18.0 Å². The first kappa shape index (κ1) is 27.4. The van der Waals surface area contributed by atoms with E-state index in [1.54, 1.807) is 0 Å². The third-order valence-corrected chi connectivity index (χ3v) is 7.57. The van der Waals surface area contributed by atoms with Crippen molar-refractivity contribution in [2.75, 3.05) is 26.7 Å². The van der Waals surface area contributed by atoms with Gasteiger partial charge in [0, 0.05) is 32.0 Å². The van der Waals surface area contributed by atoms with Crippen LogP contribution in [0.15, 0.2) is 78.9 Å². The van der Waals surface area contributed by atoms with Crippen LogP contribution >= 0.6 is 0 Å². The Balaban J connectivity index is 1.30. The maximum Gasteiger partial charge on any atom is 0.407 e. The molecule has 1 unspecified atom stereocenters. The largest absolute Gasteiger partial charge is 0.480 e. The fourth-order valence-corrected chi connectivity index (χ4v) is 5.73. The van der Waals surface area contributed by atoms with Gasteiger partial charge in [0.15, 0.2) is 0 Å². The summed E-state index contributed by atoms with van der Waals surface area (Å²) in [6, 6.07) is 23.5. The fourth-order valence-electron chi connectivity index (χ4n) is 5.73. The van der Waals surface area contributed by atoms with Crippen LogP contribution in [0.5, 0.6) is 0 Å². The number of amides is 2. The van der Waals surface area contributed by atoms with Crippen molar-refractivity contribution in [1.82, 2.24) is 15.1 Å². The van der Waals surface area contributed by atoms with E-state index in [1.165, 1.54) is 0 Å². The number of aliphatic carboxylic acids is 1. The third kappa shape index (κ3) is 5.85. The first-order chi connectivity index (χ1) is 19.3. The lowest BCUT2D eigenvalue weighted by atomic mass is 9.98. The molecule has 5 rings (SSSR count). The Morgan fingerprint density at radius 2 is 1.57 bits per heavy atom. The number of rotatable bonds is 9. The Bertz CT molecular complexity index is 1330. The number of aliphatic hydroxyl groups excluding tert-OH is 1. The van der Waals surface area contributed by atoms with Crippen LogP contribution in [0.25, 0.3) is 11.1 Å². The Kier molecular flexibility index (Phi) is 8.14. The van der Waals surface area contributed by atoms with Gasteiger partial charge in [-0.15, -0.1) is 0 Å².